The second-order valence-electron chi connectivity index (χ2n) is 3.60. The van der Waals surface area contributed by atoms with E-state index in [9.17, 15) is 0 Å². The van der Waals surface area contributed by atoms with Crippen LogP contribution in [-0.4, -0.2) is 34.0 Å². The van der Waals surface area contributed by atoms with Crippen molar-refractivity contribution in [2.24, 2.45) is 0 Å². The predicted octanol–water partition coefficient (Wildman–Crippen LogP) is 1.49. The van der Waals surface area contributed by atoms with Gasteiger partial charge in [0.15, 0.2) is 5.11 Å². The first kappa shape index (κ1) is 8.75. The van der Waals surface area contributed by atoms with Crippen LogP contribution in [0.1, 0.15) is 19.3 Å². The molecule has 0 radical (unpaired) electrons. The van der Waals surface area contributed by atoms with Gasteiger partial charge in [0.2, 0.25) is 0 Å². The monoisotopic (exact) mass is 248 g/mol. The van der Waals surface area contributed by atoms with E-state index in [4.69, 9.17) is 12.2 Å². The number of hydrogen-bond acceptors (Lipinski definition) is 1. The van der Waals surface area contributed by atoms with E-state index in [1.165, 1.54) is 19.3 Å². The second kappa shape index (κ2) is 3.14. The van der Waals surface area contributed by atoms with Crippen molar-refractivity contribution < 1.29 is 0 Å². The van der Waals surface area contributed by atoms with E-state index in [1.54, 1.807) is 0 Å². The first-order chi connectivity index (χ1) is 5.70. The molecule has 1 saturated heterocycles. The molecule has 4 heteroatoms. The fourth-order valence-electron chi connectivity index (χ4n) is 2.14. The van der Waals surface area contributed by atoms with Gasteiger partial charge in [-0.1, -0.05) is 22.4 Å². The highest BCUT2D eigenvalue weighted by molar-refractivity contribution is 9.09. The van der Waals surface area contributed by atoms with Gasteiger partial charge in [-0.15, -0.1) is 0 Å². The summed E-state index contributed by atoms with van der Waals surface area (Å²) in [5.74, 6) is 0. The Labute approximate surface area is 86.8 Å². The fourth-order valence-corrected chi connectivity index (χ4v) is 3.22. The lowest BCUT2D eigenvalue weighted by molar-refractivity contribution is 0.287. The van der Waals surface area contributed by atoms with Crippen LogP contribution in [0.5, 0.6) is 0 Å². The van der Waals surface area contributed by atoms with Gasteiger partial charge in [-0.3, -0.25) is 0 Å². The minimum atomic E-state index is 0.538. The number of nitrogens with one attached hydrogen (secondary N) is 1. The lowest BCUT2D eigenvalue weighted by atomic mass is 9.91. The van der Waals surface area contributed by atoms with Crippen molar-refractivity contribution in [1.29, 1.82) is 0 Å². The molecule has 0 amide bonds. The van der Waals surface area contributed by atoms with Gasteiger partial charge in [-0.05, 0) is 25.1 Å². The molecule has 0 aromatic rings. The van der Waals surface area contributed by atoms with E-state index in [0.717, 1.165) is 5.11 Å². The van der Waals surface area contributed by atoms with Crippen molar-refractivity contribution in [1.82, 2.24) is 10.2 Å². The van der Waals surface area contributed by atoms with Gasteiger partial charge in [0.05, 0.1) is 12.1 Å². The van der Waals surface area contributed by atoms with Gasteiger partial charge in [-0.2, -0.15) is 0 Å². The summed E-state index contributed by atoms with van der Waals surface area (Å²) in [6, 6.07) is 1.16. The van der Waals surface area contributed by atoms with Crippen molar-refractivity contribution in [2.75, 3.05) is 7.05 Å². The van der Waals surface area contributed by atoms with E-state index in [1.807, 2.05) is 0 Å². The molecule has 12 heavy (non-hydrogen) atoms. The Bertz CT molecular complexity index is 209. The first-order valence-corrected chi connectivity index (χ1v) is 5.70. The summed E-state index contributed by atoms with van der Waals surface area (Å²) in [5.41, 5.74) is 0. The number of thiocarbonyl (C=S) groups is 1. The Hall–Kier alpha value is 0.170. The lowest BCUT2D eigenvalue weighted by Crippen LogP contribution is -2.44. The third-order valence-electron chi connectivity index (χ3n) is 2.89. The van der Waals surface area contributed by atoms with Gasteiger partial charge < -0.3 is 10.2 Å². The number of likely N-dealkylation sites (N-methyl/N-ethyl adjacent to an activating group) is 1. The van der Waals surface area contributed by atoms with Crippen molar-refractivity contribution in [2.45, 2.75) is 36.2 Å². The smallest absolute Gasteiger partial charge is 0.169 e. The summed E-state index contributed by atoms with van der Waals surface area (Å²) < 4.78 is 0. The number of rotatable bonds is 0. The summed E-state index contributed by atoms with van der Waals surface area (Å²) in [6.07, 6.45) is 3.85. The molecule has 0 bridgehead atoms. The van der Waals surface area contributed by atoms with E-state index in [2.05, 4.69) is 33.2 Å². The third kappa shape index (κ3) is 1.25. The average Bonchev–Trinajstić information content (AvgIpc) is 2.32. The number of halogens is 1. The zero-order chi connectivity index (χ0) is 8.72. The molecule has 3 unspecified atom stereocenters. The van der Waals surface area contributed by atoms with Crippen LogP contribution in [0.15, 0.2) is 0 Å². The molecule has 1 heterocycles. The largest absolute Gasteiger partial charge is 0.357 e. The summed E-state index contributed by atoms with van der Waals surface area (Å²) in [5, 5.41) is 4.28. The topological polar surface area (TPSA) is 15.3 Å². The normalized spacial score (nSPS) is 41.0. The third-order valence-corrected chi connectivity index (χ3v) is 4.33. The number of hydrogen-bond donors (Lipinski definition) is 1. The molecular weight excluding hydrogens is 236 g/mol. The van der Waals surface area contributed by atoms with Gasteiger partial charge in [0.1, 0.15) is 0 Å². The van der Waals surface area contributed by atoms with Gasteiger partial charge in [0, 0.05) is 11.9 Å². The van der Waals surface area contributed by atoms with E-state index >= 15 is 0 Å². The van der Waals surface area contributed by atoms with Crippen LogP contribution >= 0.6 is 28.1 Å². The quantitative estimate of drug-likeness (QED) is 0.517. The summed E-state index contributed by atoms with van der Waals surface area (Å²) in [4.78, 5) is 2.80. The zero-order valence-corrected chi connectivity index (χ0v) is 9.49. The number of fused-ring (bicyclic) bond motifs is 1. The maximum atomic E-state index is 5.20. The van der Waals surface area contributed by atoms with Crippen LogP contribution in [0.2, 0.25) is 0 Å². The summed E-state index contributed by atoms with van der Waals surface area (Å²) in [6.45, 7) is 0. The van der Waals surface area contributed by atoms with E-state index < -0.39 is 0 Å². The first-order valence-electron chi connectivity index (χ1n) is 4.37. The van der Waals surface area contributed by atoms with E-state index in [0.29, 0.717) is 16.9 Å². The molecule has 0 aromatic carbocycles. The maximum Gasteiger partial charge on any atom is 0.169 e. The number of alkyl halides is 1. The van der Waals surface area contributed by atoms with Gasteiger partial charge in [0.25, 0.3) is 0 Å². The van der Waals surface area contributed by atoms with Crippen molar-refractivity contribution in [3.63, 3.8) is 0 Å². The molecule has 1 saturated carbocycles. The molecule has 1 aliphatic carbocycles. The van der Waals surface area contributed by atoms with Crippen molar-refractivity contribution in [3.8, 4) is 0 Å². The highest BCUT2D eigenvalue weighted by Gasteiger charge is 2.40. The SMILES string of the molecule is CN1C(=S)NC2C(Br)CCCC21. The Balaban J connectivity index is 2.16. The van der Waals surface area contributed by atoms with E-state index in [-0.39, 0.29) is 0 Å². The molecule has 1 aliphatic heterocycles. The van der Waals surface area contributed by atoms with Crippen molar-refractivity contribution in [3.05, 3.63) is 0 Å². The Kier molecular flexibility index (Phi) is 2.29. The molecule has 2 nitrogen and oxygen atoms in total. The van der Waals surface area contributed by atoms with Gasteiger partial charge >= 0.3 is 0 Å². The predicted molar refractivity (Wildman–Crippen MR) is 57.6 cm³/mol. The fraction of sp³-hybridized carbons (Fsp3) is 0.875. The zero-order valence-electron chi connectivity index (χ0n) is 7.09. The molecule has 2 fully saturated rings. The van der Waals surface area contributed by atoms with Crippen LogP contribution in [0.25, 0.3) is 0 Å². The molecule has 2 aliphatic rings. The van der Waals surface area contributed by atoms with Crippen LogP contribution in [0.4, 0.5) is 0 Å². The second-order valence-corrected chi connectivity index (χ2v) is 5.16. The van der Waals surface area contributed by atoms with Crippen LogP contribution < -0.4 is 5.32 Å². The molecular formula is C8H13BrN2S. The molecule has 3 atom stereocenters. The lowest BCUT2D eigenvalue weighted by Gasteiger charge is -2.31. The molecule has 68 valence electrons. The summed E-state index contributed by atoms with van der Waals surface area (Å²) in [7, 11) is 2.09. The summed E-state index contributed by atoms with van der Waals surface area (Å²) >= 11 is 8.90. The minimum absolute atomic E-state index is 0.538. The maximum absolute atomic E-state index is 5.20. The van der Waals surface area contributed by atoms with Crippen LogP contribution in [0.3, 0.4) is 0 Å². The molecule has 1 N–H and O–H groups in total. The Morgan fingerprint density at radius 2 is 2.33 bits per heavy atom. The standard InChI is InChI=1S/C8H13BrN2S/c1-11-6-4-2-3-5(9)7(6)10-8(11)12/h5-7H,2-4H2,1H3,(H,10,12). The van der Waals surface area contributed by atoms with Crippen LogP contribution in [0, 0.1) is 0 Å². The Morgan fingerprint density at radius 3 is 3.00 bits per heavy atom. The van der Waals surface area contributed by atoms with Crippen molar-refractivity contribution >= 4 is 33.3 Å². The minimum Gasteiger partial charge on any atom is -0.357 e. The molecule has 2 rings (SSSR count). The molecule has 0 spiro atoms. The van der Waals surface area contributed by atoms with Gasteiger partial charge in [-0.25, -0.2) is 0 Å². The average molecular weight is 249 g/mol. The Morgan fingerprint density at radius 1 is 1.58 bits per heavy atom. The highest BCUT2D eigenvalue weighted by atomic mass is 79.9. The molecule has 0 aromatic heterocycles. The van der Waals surface area contributed by atoms with Crippen LogP contribution in [-0.2, 0) is 0 Å². The highest BCUT2D eigenvalue weighted by Crippen LogP contribution is 2.31. The number of nitrogens with zero attached hydrogens (tertiary/aromatic N) is 1.